The summed E-state index contributed by atoms with van der Waals surface area (Å²) in [7, 11) is 0. The van der Waals surface area contributed by atoms with Crippen molar-refractivity contribution < 1.29 is 5.11 Å². The fourth-order valence-corrected chi connectivity index (χ4v) is 3.40. The molecule has 0 radical (unpaired) electrons. The van der Waals surface area contributed by atoms with Crippen molar-refractivity contribution in [2.24, 2.45) is 11.8 Å². The van der Waals surface area contributed by atoms with E-state index in [0.29, 0.717) is 18.6 Å². The number of aliphatic hydroxyl groups excluding tert-OH is 1. The van der Waals surface area contributed by atoms with Gasteiger partial charge in [0.25, 0.3) is 0 Å². The Bertz CT molecular complexity index is 321. The minimum absolute atomic E-state index is 0.000730. The van der Waals surface area contributed by atoms with E-state index in [4.69, 9.17) is 0 Å². The number of nitrogens with one attached hydrogen (secondary N) is 1. The van der Waals surface area contributed by atoms with Crippen molar-refractivity contribution in [2.75, 3.05) is 19.7 Å². The van der Waals surface area contributed by atoms with Gasteiger partial charge < -0.3 is 10.4 Å². The molecule has 0 saturated heterocycles. The summed E-state index contributed by atoms with van der Waals surface area (Å²) in [6.07, 6.45) is 9.26. The highest BCUT2D eigenvalue weighted by molar-refractivity contribution is 5.07. The quantitative estimate of drug-likeness (QED) is 0.645. The van der Waals surface area contributed by atoms with E-state index in [-0.39, 0.29) is 5.54 Å². The second kappa shape index (κ2) is 5.94. The summed E-state index contributed by atoms with van der Waals surface area (Å²) in [6, 6.07) is 1.49. The van der Waals surface area contributed by atoms with E-state index in [0.717, 1.165) is 18.5 Å². The van der Waals surface area contributed by atoms with Crippen molar-refractivity contribution in [1.29, 1.82) is 0 Å². The van der Waals surface area contributed by atoms with Crippen LogP contribution in [0, 0.1) is 11.8 Å². The molecular weight excluding hydrogens is 248 g/mol. The van der Waals surface area contributed by atoms with Crippen LogP contribution in [0.15, 0.2) is 0 Å². The molecule has 0 aliphatic heterocycles. The molecule has 3 nitrogen and oxygen atoms in total. The zero-order valence-corrected chi connectivity index (χ0v) is 13.3. The third kappa shape index (κ3) is 3.75. The Morgan fingerprint density at radius 3 is 2.30 bits per heavy atom. The van der Waals surface area contributed by atoms with Crippen molar-refractivity contribution in [3.8, 4) is 0 Å². The van der Waals surface area contributed by atoms with E-state index >= 15 is 0 Å². The molecular formula is C17H32N2O. The van der Waals surface area contributed by atoms with Gasteiger partial charge in [-0.3, -0.25) is 4.90 Å². The first-order chi connectivity index (χ1) is 9.63. The third-order valence-electron chi connectivity index (χ3n) is 5.25. The number of rotatable bonds is 10. The average Bonchev–Trinajstić information content (AvgIpc) is 3.29. The summed E-state index contributed by atoms with van der Waals surface area (Å²) in [5.74, 6) is 1.49. The highest BCUT2D eigenvalue weighted by Crippen LogP contribution is 2.43. The summed E-state index contributed by atoms with van der Waals surface area (Å²) < 4.78 is 0. The fourth-order valence-electron chi connectivity index (χ4n) is 3.40. The molecule has 3 rings (SSSR count). The van der Waals surface area contributed by atoms with E-state index in [9.17, 15) is 5.11 Å². The van der Waals surface area contributed by atoms with Gasteiger partial charge in [0.1, 0.15) is 0 Å². The summed E-state index contributed by atoms with van der Waals surface area (Å²) in [5.41, 5.74) is 0.000730. The highest BCUT2D eigenvalue weighted by atomic mass is 16.3. The van der Waals surface area contributed by atoms with Gasteiger partial charge in [0, 0.05) is 18.6 Å². The monoisotopic (exact) mass is 280 g/mol. The maximum atomic E-state index is 10.1. The van der Waals surface area contributed by atoms with Gasteiger partial charge in [-0.1, -0.05) is 13.8 Å². The van der Waals surface area contributed by atoms with Crippen molar-refractivity contribution in [2.45, 2.75) is 76.4 Å². The second-order valence-corrected chi connectivity index (χ2v) is 7.89. The van der Waals surface area contributed by atoms with Crippen LogP contribution in [-0.2, 0) is 0 Å². The van der Waals surface area contributed by atoms with Crippen molar-refractivity contribution in [3.05, 3.63) is 0 Å². The van der Waals surface area contributed by atoms with Crippen LogP contribution in [0.3, 0.4) is 0 Å². The molecule has 3 aliphatic rings. The van der Waals surface area contributed by atoms with Crippen LogP contribution >= 0.6 is 0 Å². The van der Waals surface area contributed by atoms with Crippen molar-refractivity contribution in [1.82, 2.24) is 10.2 Å². The molecule has 0 aromatic rings. The minimum atomic E-state index is 0.000730. The summed E-state index contributed by atoms with van der Waals surface area (Å²) in [5, 5.41) is 13.9. The topological polar surface area (TPSA) is 35.5 Å². The van der Waals surface area contributed by atoms with E-state index < -0.39 is 0 Å². The largest absolute Gasteiger partial charge is 0.394 e. The Morgan fingerprint density at radius 1 is 1.15 bits per heavy atom. The molecule has 0 heterocycles. The molecule has 3 aliphatic carbocycles. The fraction of sp³-hybridized carbons (Fsp3) is 1.00. The van der Waals surface area contributed by atoms with Gasteiger partial charge in [-0.2, -0.15) is 0 Å². The third-order valence-corrected chi connectivity index (χ3v) is 5.25. The molecule has 1 unspecified atom stereocenters. The van der Waals surface area contributed by atoms with Gasteiger partial charge in [0.15, 0.2) is 0 Å². The summed E-state index contributed by atoms with van der Waals surface area (Å²) >= 11 is 0. The number of hydrogen-bond donors (Lipinski definition) is 2. The molecule has 0 aromatic heterocycles. The van der Waals surface area contributed by atoms with Gasteiger partial charge in [0.05, 0.1) is 12.1 Å². The van der Waals surface area contributed by atoms with Crippen molar-refractivity contribution >= 4 is 0 Å². The highest BCUT2D eigenvalue weighted by Gasteiger charge is 2.49. The number of aliphatic hydroxyl groups is 1. The van der Waals surface area contributed by atoms with E-state index in [1.165, 1.54) is 51.5 Å². The Morgan fingerprint density at radius 2 is 1.85 bits per heavy atom. The normalized spacial score (nSPS) is 26.2. The lowest BCUT2D eigenvalue weighted by Gasteiger charge is -2.39. The summed E-state index contributed by atoms with van der Waals surface area (Å²) in [4.78, 5) is 2.68. The van der Waals surface area contributed by atoms with E-state index in [2.05, 4.69) is 24.1 Å². The van der Waals surface area contributed by atoms with Gasteiger partial charge in [-0.25, -0.2) is 0 Å². The van der Waals surface area contributed by atoms with E-state index in [1.807, 2.05) is 0 Å². The summed E-state index contributed by atoms with van der Waals surface area (Å²) in [6.45, 7) is 7.23. The molecule has 3 heteroatoms. The van der Waals surface area contributed by atoms with Crippen LogP contribution in [0.4, 0.5) is 0 Å². The van der Waals surface area contributed by atoms with Crippen molar-refractivity contribution in [3.63, 3.8) is 0 Å². The number of nitrogens with zero attached hydrogens (tertiary/aromatic N) is 1. The average molecular weight is 280 g/mol. The molecule has 3 fully saturated rings. The van der Waals surface area contributed by atoms with Gasteiger partial charge in [0.2, 0.25) is 0 Å². The number of hydrogen-bond acceptors (Lipinski definition) is 3. The van der Waals surface area contributed by atoms with Crippen LogP contribution in [0.25, 0.3) is 0 Å². The SMILES string of the molecule is CC(C)CCN(CC(CO)(NC1CC1)C1CC1)C1CC1. The predicted octanol–water partition coefficient (Wildman–Crippen LogP) is 2.39. The molecule has 3 saturated carbocycles. The molecule has 0 amide bonds. The standard InChI is InChI=1S/C17H32N2O/c1-13(2)9-10-19(16-7-8-16)11-17(12-20,14-3-4-14)18-15-5-6-15/h13-16,18,20H,3-12H2,1-2H3. The van der Waals surface area contributed by atoms with Crippen LogP contribution in [0.1, 0.15) is 58.8 Å². The lowest BCUT2D eigenvalue weighted by Crippen LogP contribution is -2.59. The maximum Gasteiger partial charge on any atom is 0.0628 e. The molecule has 0 bridgehead atoms. The lowest BCUT2D eigenvalue weighted by molar-refractivity contribution is 0.0829. The zero-order valence-electron chi connectivity index (χ0n) is 13.3. The Balaban J connectivity index is 1.62. The minimum Gasteiger partial charge on any atom is -0.394 e. The van der Waals surface area contributed by atoms with Gasteiger partial charge in [-0.05, 0) is 63.3 Å². The van der Waals surface area contributed by atoms with Gasteiger partial charge in [-0.15, -0.1) is 0 Å². The second-order valence-electron chi connectivity index (χ2n) is 7.89. The molecule has 0 spiro atoms. The maximum absolute atomic E-state index is 10.1. The predicted molar refractivity (Wildman–Crippen MR) is 82.7 cm³/mol. The van der Waals surface area contributed by atoms with Crippen LogP contribution in [0.5, 0.6) is 0 Å². The van der Waals surface area contributed by atoms with Crippen LogP contribution in [0.2, 0.25) is 0 Å². The lowest BCUT2D eigenvalue weighted by atomic mass is 9.92. The van der Waals surface area contributed by atoms with E-state index in [1.54, 1.807) is 0 Å². The molecule has 2 N–H and O–H groups in total. The van der Waals surface area contributed by atoms with Gasteiger partial charge >= 0.3 is 0 Å². The Hall–Kier alpha value is -0.120. The Kier molecular flexibility index (Phi) is 4.40. The van der Waals surface area contributed by atoms with Crippen LogP contribution in [-0.4, -0.2) is 47.3 Å². The first-order valence-corrected chi connectivity index (χ1v) is 8.75. The molecule has 116 valence electrons. The molecule has 20 heavy (non-hydrogen) atoms. The van der Waals surface area contributed by atoms with Crippen LogP contribution < -0.4 is 5.32 Å². The first-order valence-electron chi connectivity index (χ1n) is 8.75. The smallest absolute Gasteiger partial charge is 0.0628 e. The zero-order chi connectivity index (χ0) is 14.2. The Labute approximate surface area is 124 Å². The molecule has 1 atom stereocenters. The molecule has 0 aromatic carbocycles. The first kappa shape index (κ1) is 14.8.